The Morgan fingerprint density at radius 3 is 2.67 bits per heavy atom. The van der Waals surface area contributed by atoms with Gasteiger partial charge in [0.15, 0.2) is 0 Å². The standard InChI is InChI=1S/C11H13N/c1-3-9-7-5-6-8-10(9)11(12)4-2/h3-8H,1,12H2,2H3/b11-4+. The number of hydrogen-bond donors (Lipinski definition) is 1. The van der Waals surface area contributed by atoms with Crippen LogP contribution in [0.5, 0.6) is 0 Å². The summed E-state index contributed by atoms with van der Waals surface area (Å²) in [7, 11) is 0. The largest absolute Gasteiger partial charge is 0.398 e. The summed E-state index contributed by atoms with van der Waals surface area (Å²) in [4.78, 5) is 0. The molecule has 1 rings (SSSR count). The summed E-state index contributed by atoms with van der Waals surface area (Å²) in [5.74, 6) is 0. The predicted octanol–water partition coefficient (Wildman–Crippen LogP) is 2.65. The zero-order chi connectivity index (χ0) is 8.97. The number of benzene rings is 1. The van der Waals surface area contributed by atoms with Crippen molar-refractivity contribution in [2.24, 2.45) is 5.73 Å². The van der Waals surface area contributed by atoms with E-state index in [-0.39, 0.29) is 0 Å². The van der Waals surface area contributed by atoms with Gasteiger partial charge >= 0.3 is 0 Å². The van der Waals surface area contributed by atoms with Crippen LogP contribution >= 0.6 is 0 Å². The molecule has 0 heterocycles. The molecule has 0 bridgehead atoms. The van der Waals surface area contributed by atoms with Gasteiger partial charge < -0.3 is 5.73 Å². The van der Waals surface area contributed by atoms with Crippen molar-refractivity contribution in [3.05, 3.63) is 48.0 Å². The Morgan fingerprint density at radius 2 is 2.08 bits per heavy atom. The van der Waals surface area contributed by atoms with E-state index in [4.69, 9.17) is 5.73 Å². The van der Waals surface area contributed by atoms with Crippen molar-refractivity contribution in [2.75, 3.05) is 0 Å². The first-order chi connectivity index (χ1) is 5.79. The van der Waals surface area contributed by atoms with E-state index in [0.717, 1.165) is 16.8 Å². The highest BCUT2D eigenvalue weighted by atomic mass is 14.6. The first-order valence-corrected chi connectivity index (χ1v) is 3.93. The van der Waals surface area contributed by atoms with Gasteiger partial charge in [-0.1, -0.05) is 43.0 Å². The smallest absolute Gasteiger partial charge is 0.0350 e. The Labute approximate surface area is 73.2 Å². The monoisotopic (exact) mass is 159 g/mol. The fraction of sp³-hybridized carbons (Fsp3) is 0.0909. The van der Waals surface area contributed by atoms with Crippen LogP contribution in [-0.2, 0) is 0 Å². The van der Waals surface area contributed by atoms with E-state index in [0.29, 0.717) is 0 Å². The van der Waals surface area contributed by atoms with Crippen LogP contribution in [0.25, 0.3) is 11.8 Å². The lowest BCUT2D eigenvalue weighted by Gasteiger charge is -2.04. The van der Waals surface area contributed by atoms with Crippen molar-refractivity contribution in [3.8, 4) is 0 Å². The summed E-state index contributed by atoms with van der Waals surface area (Å²) < 4.78 is 0. The lowest BCUT2D eigenvalue weighted by Crippen LogP contribution is -1.97. The minimum Gasteiger partial charge on any atom is -0.398 e. The summed E-state index contributed by atoms with van der Waals surface area (Å²) in [6.45, 7) is 5.65. The Kier molecular flexibility index (Phi) is 2.70. The van der Waals surface area contributed by atoms with Crippen molar-refractivity contribution < 1.29 is 0 Å². The molecule has 2 N–H and O–H groups in total. The maximum absolute atomic E-state index is 5.78. The molecule has 0 amide bonds. The van der Waals surface area contributed by atoms with Crippen molar-refractivity contribution in [3.63, 3.8) is 0 Å². The summed E-state index contributed by atoms with van der Waals surface area (Å²) >= 11 is 0. The van der Waals surface area contributed by atoms with Crippen molar-refractivity contribution in [1.82, 2.24) is 0 Å². The minimum atomic E-state index is 0.797. The molecule has 1 aromatic carbocycles. The highest BCUT2D eigenvalue weighted by molar-refractivity contribution is 5.71. The van der Waals surface area contributed by atoms with E-state index in [1.807, 2.05) is 43.3 Å². The van der Waals surface area contributed by atoms with Crippen LogP contribution in [0.2, 0.25) is 0 Å². The molecule has 0 aliphatic rings. The van der Waals surface area contributed by atoms with Gasteiger partial charge in [-0.15, -0.1) is 0 Å². The molecule has 0 saturated carbocycles. The second-order valence-electron chi connectivity index (χ2n) is 2.54. The van der Waals surface area contributed by atoms with Gasteiger partial charge in [0.25, 0.3) is 0 Å². The van der Waals surface area contributed by atoms with Crippen LogP contribution in [0.3, 0.4) is 0 Å². The highest BCUT2D eigenvalue weighted by Gasteiger charge is 1.98. The Bertz CT molecular complexity index is 311. The maximum Gasteiger partial charge on any atom is 0.0350 e. The second-order valence-corrected chi connectivity index (χ2v) is 2.54. The highest BCUT2D eigenvalue weighted by Crippen LogP contribution is 2.15. The lowest BCUT2D eigenvalue weighted by molar-refractivity contribution is 1.47. The van der Waals surface area contributed by atoms with E-state index < -0.39 is 0 Å². The van der Waals surface area contributed by atoms with Crippen molar-refractivity contribution in [2.45, 2.75) is 6.92 Å². The summed E-state index contributed by atoms with van der Waals surface area (Å²) in [6.07, 6.45) is 3.70. The topological polar surface area (TPSA) is 26.0 Å². The molecule has 1 nitrogen and oxygen atoms in total. The number of hydrogen-bond acceptors (Lipinski definition) is 1. The molecule has 0 aromatic heterocycles. The van der Waals surface area contributed by atoms with E-state index in [2.05, 4.69) is 6.58 Å². The average Bonchev–Trinajstić information content (AvgIpc) is 2.16. The molecule has 0 fully saturated rings. The molecular formula is C11H13N. The molecule has 0 radical (unpaired) electrons. The van der Waals surface area contributed by atoms with Crippen LogP contribution in [-0.4, -0.2) is 0 Å². The number of rotatable bonds is 2. The number of nitrogens with two attached hydrogens (primary N) is 1. The minimum absolute atomic E-state index is 0.797. The molecule has 0 unspecified atom stereocenters. The fourth-order valence-corrected chi connectivity index (χ4v) is 1.09. The van der Waals surface area contributed by atoms with Crippen molar-refractivity contribution in [1.29, 1.82) is 0 Å². The Hall–Kier alpha value is -1.50. The third-order valence-electron chi connectivity index (χ3n) is 1.80. The van der Waals surface area contributed by atoms with E-state index in [1.54, 1.807) is 0 Å². The Morgan fingerprint density at radius 1 is 1.42 bits per heavy atom. The molecule has 0 aliphatic carbocycles. The molecule has 1 aromatic rings. The third-order valence-corrected chi connectivity index (χ3v) is 1.80. The van der Waals surface area contributed by atoms with Crippen LogP contribution in [0.15, 0.2) is 36.9 Å². The predicted molar refractivity (Wildman–Crippen MR) is 54.4 cm³/mol. The van der Waals surface area contributed by atoms with E-state index in [1.165, 1.54) is 0 Å². The first-order valence-electron chi connectivity index (χ1n) is 3.93. The molecule has 12 heavy (non-hydrogen) atoms. The summed E-state index contributed by atoms with van der Waals surface area (Å²) in [5, 5.41) is 0. The maximum atomic E-state index is 5.78. The van der Waals surface area contributed by atoms with Gasteiger partial charge in [-0.2, -0.15) is 0 Å². The molecule has 62 valence electrons. The first kappa shape index (κ1) is 8.60. The zero-order valence-electron chi connectivity index (χ0n) is 7.25. The average molecular weight is 159 g/mol. The van der Waals surface area contributed by atoms with Gasteiger partial charge in [0.05, 0.1) is 0 Å². The van der Waals surface area contributed by atoms with E-state index >= 15 is 0 Å². The van der Waals surface area contributed by atoms with Crippen LogP contribution in [0.4, 0.5) is 0 Å². The van der Waals surface area contributed by atoms with Gasteiger partial charge in [0, 0.05) is 11.3 Å². The lowest BCUT2D eigenvalue weighted by atomic mass is 10.1. The van der Waals surface area contributed by atoms with Crippen LogP contribution in [0.1, 0.15) is 18.1 Å². The fourth-order valence-electron chi connectivity index (χ4n) is 1.09. The summed E-state index contributed by atoms with van der Waals surface area (Å²) in [5.41, 5.74) is 8.71. The Balaban J connectivity index is 3.22. The summed E-state index contributed by atoms with van der Waals surface area (Å²) in [6, 6.07) is 7.94. The molecule has 0 saturated heterocycles. The van der Waals surface area contributed by atoms with Gasteiger partial charge in [-0.3, -0.25) is 0 Å². The van der Waals surface area contributed by atoms with Gasteiger partial charge in [-0.05, 0) is 12.5 Å². The van der Waals surface area contributed by atoms with Gasteiger partial charge in [0.1, 0.15) is 0 Å². The normalized spacial score (nSPS) is 11.2. The van der Waals surface area contributed by atoms with Gasteiger partial charge in [0.2, 0.25) is 0 Å². The third kappa shape index (κ3) is 1.56. The van der Waals surface area contributed by atoms with Crippen LogP contribution < -0.4 is 5.73 Å². The molecule has 0 atom stereocenters. The van der Waals surface area contributed by atoms with E-state index in [9.17, 15) is 0 Å². The molecule has 1 heteroatoms. The van der Waals surface area contributed by atoms with Crippen molar-refractivity contribution >= 4 is 11.8 Å². The van der Waals surface area contributed by atoms with Gasteiger partial charge in [-0.25, -0.2) is 0 Å². The molecular weight excluding hydrogens is 146 g/mol. The quantitative estimate of drug-likeness (QED) is 0.705. The zero-order valence-corrected chi connectivity index (χ0v) is 7.25. The number of allylic oxidation sites excluding steroid dienone is 1. The second kappa shape index (κ2) is 3.77. The van der Waals surface area contributed by atoms with Crippen LogP contribution in [0, 0.1) is 0 Å². The molecule has 0 aliphatic heterocycles. The molecule has 0 spiro atoms. The SMILES string of the molecule is C=Cc1ccccc1/C(N)=C\C.